The predicted octanol–water partition coefficient (Wildman–Crippen LogP) is 3.62. The van der Waals surface area contributed by atoms with Crippen LogP contribution in [0.2, 0.25) is 0 Å². The lowest BCUT2D eigenvalue weighted by atomic mass is 10.2. The number of hydrogen-bond acceptors (Lipinski definition) is 2. The fraction of sp³-hybridized carbons (Fsp3) is 0.538. The number of para-hydroxylation sites is 1. The van der Waals surface area contributed by atoms with E-state index in [2.05, 4.69) is 0 Å². The van der Waals surface area contributed by atoms with Crippen molar-refractivity contribution in [1.29, 1.82) is 0 Å². The first-order valence-electron chi connectivity index (χ1n) is 5.23. The van der Waals surface area contributed by atoms with Gasteiger partial charge in [0.25, 0.3) is 0 Å². The largest absolute Gasteiger partial charge is 0.463 e. The molecule has 1 rings (SSSR count). The van der Waals surface area contributed by atoms with Gasteiger partial charge in [-0.1, -0.05) is 18.2 Å². The molecule has 0 heterocycles. The summed E-state index contributed by atoms with van der Waals surface area (Å²) in [6, 6.07) is 9.71. The van der Waals surface area contributed by atoms with Crippen LogP contribution in [0.1, 0.15) is 34.6 Å². The summed E-state index contributed by atoms with van der Waals surface area (Å²) in [5.74, 6) is 0.214. The van der Waals surface area contributed by atoms with E-state index in [9.17, 15) is 0 Å². The molecule has 0 fully saturated rings. The van der Waals surface area contributed by atoms with Crippen molar-refractivity contribution >= 4 is 0 Å². The standard InChI is InChI=1S/C13H20O2/c1-12(2,3)15-13(4,5)14-11-9-7-6-8-10-11/h6-10H,1-5H3. The molecule has 0 radical (unpaired) electrons. The van der Waals surface area contributed by atoms with Gasteiger partial charge in [-0.05, 0) is 32.9 Å². The molecule has 1 aromatic rings. The highest BCUT2D eigenvalue weighted by molar-refractivity contribution is 5.21. The molecule has 0 bridgehead atoms. The molecule has 0 aromatic heterocycles. The second kappa shape index (κ2) is 4.23. The fourth-order valence-electron chi connectivity index (χ4n) is 1.53. The van der Waals surface area contributed by atoms with Crippen LogP contribution in [0.5, 0.6) is 5.75 Å². The van der Waals surface area contributed by atoms with Crippen LogP contribution >= 0.6 is 0 Å². The summed E-state index contributed by atoms with van der Waals surface area (Å²) >= 11 is 0. The van der Waals surface area contributed by atoms with Gasteiger partial charge >= 0.3 is 0 Å². The molecule has 2 nitrogen and oxygen atoms in total. The Bertz CT molecular complexity index is 296. The molecule has 84 valence electrons. The van der Waals surface area contributed by atoms with Crippen LogP contribution in [0.15, 0.2) is 30.3 Å². The predicted molar refractivity (Wildman–Crippen MR) is 62.0 cm³/mol. The van der Waals surface area contributed by atoms with Crippen LogP contribution < -0.4 is 4.74 Å². The first-order valence-corrected chi connectivity index (χ1v) is 5.23. The summed E-state index contributed by atoms with van der Waals surface area (Å²) in [5.41, 5.74) is -0.210. The summed E-state index contributed by atoms with van der Waals surface area (Å²) in [6.45, 7) is 9.89. The Hall–Kier alpha value is -1.02. The zero-order valence-corrected chi connectivity index (χ0v) is 10.2. The Balaban J connectivity index is 2.65. The topological polar surface area (TPSA) is 18.5 Å². The van der Waals surface area contributed by atoms with E-state index in [0.29, 0.717) is 0 Å². The average Bonchev–Trinajstić information content (AvgIpc) is 1.99. The molecule has 0 aliphatic rings. The molecule has 0 atom stereocenters. The highest BCUT2D eigenvalue weighted by Crippen LogP contribution is 2.23. The van der Waals surface area contributed by atoms with Crippen LogP contribution in [0.25, 0.3) is 0 Å². The molecule has 0 unspecified atom stereocenters. The Morgan fingerprint density at radius 3 is 1.87 bits per heavy atom. The van der Waals surface area contributed by atoms with Crippen molar-refractivity contribution in [3.05, 3.63) is 30.3 Å². The number of rotatable bonds is 3. The van der Waals surface area contributed by atoms with Crippen LogP contribution in [0.3, 0.4) is 0 Å². The first-order chi connectivity index (χ1) is 6.79. The second-order valence-corrected chi connectivity index (χ2v) is 5.03. The minimum Gasteiger partial charge on any atom is -0.463 e. The minimum atomic E-state index is -0.612. The lowest BCUT2D eigenvalue weighted by Gasteiger charge is -2.33. The highest BCUT2D eigenvalue weighted by Gasteiger charge is 2.27. The van der Waals surface area contributed by atoms with E-state index in [0.717, 1.165) is 5.75 Å². The van der Waals surface area contributed by atoms with Gasteiger partial charge in [-0.2, -0.15) is 0 Å². The van der Waals surface area contributed by atoms with E-state index >= 15 is 0 Å². The minimum absolute atomic E-state index is 0.210. The second-order valence-electron chi connectivity index (χ2n) is 5.03. The van der Waals surface area contributed by atoms with Crippen LogP contribution in [-0.2, 0) is 4.74 Å². The lowest BCUT2D eigenvalue weighted by Crippen LogP contribution is -2.39. The number of hydrogen-bond donors (Lipinski definition) is 0. The molecule has 0 spiro atoms. The van der Waals surface area contributed by atoms with Gasteiger partial charge < -0.3 is 9.47 Å². The molecule has 0 saturated carbocycles. The van der Waals surface area contributed by atoms with E-state index in [-0.39, 0.29) is 5.60 Å². The van der Waals surface area contributed by atoms with Crippen LogP contribution in [0, 0.1) is 0 Å². The van der Waals surface area contributed by atoms with E-state index in [4.69, 9.17) is 9.47 Å². The van der Waals surface area contributed by atoms with E-state index in [1.807, 2.05) is 65.0 Å². The average molecular weight is 208 g/mol. The van der Waals surface area contributed by atoms with Gasteiger partial charge in [-0.3, -0.25) is 0 Å². The molecule has 0 aliphatic carbocycles. The van der Waals surface area contributed by atoms with Crippen LogP contribution in [0.4, 0.5) is 0 Å². The Morgan fingerprint density at radius 1 is 0.867 bits per heavy atom. The number of ether oxygens (including phenoxy) is 2. The molecular weight excluding hydrogens is 188 g/mol. The molecule has 0 N–H and O–H groups in total. The summed E-state index contributed by atoms with van der Waals surface area (Å²) < 4.78 is 11.6. The molecule has 15 heavy (non-hydrogen) atoms. The van der Waals surface area contributed by atoms with Crippen molar-refractivity contribution in [2.24, 2.45) is 0 Å². The van der Waals surface area contributed by atoms with Gasteiger partial charge in [0.2, 0.25) is 5.79 Å². The number of benzene rings is 1. The molecule has 2 heteroatoms. The summed E-state index contributed by atoms with van der Waals surface area (Å²) in [7, 11) is 0. The normalized spacial score (nSPS) is 12.6. The van der Waals surface area contributed by atoms with Gasteiger partial charge in [0.15, 0.2) is 0 Å². The van der Waals surface area contributed by atoms with Crippen molar-refractivity contribution in [2.75, 3.05) is 0 Å². The molecule has 0 saturated heterocycles. The lowest BCUT2D eigenvalue weighted by molar-refractivity contribution is -0.213. The van der Waals surface area contributed by atoms with E-state index in [1.165, 1.54) is 0 Å². The molecule has 1 aromatic carbocycles. The maximum atomic E-state index is 5.81. The van der Waals surface area contributed by atoms with Crippen molar-refractivity contribution in [3.8, 4) is 5.75 Å². The molecule has 0 aliphatic heterocycles. The summed E-state index contributed by atoms with van der Waals surface area (Å²) in [6.07, 6.45) is 0. The van der Waals surface area contributed by atoms with E-state index < -0.39 is 5.79 Å². The smallest absolute Gasteiger partial charge is 0.205 e. The van der Waals surface area contributed by atoms with Crippen molar-refractivity contribution in [1.82, 2.24) is 0 Å². The fourth-order valence-corrected chi connectivity index (χ4v) is 1.53. The third kappa shape index (κ3) is 4.84. The zero-order valence-electron chi connectivity index (χ0n) is 10.2. The Kier molecular flexibility index (Phi) is 3.40. The summed E-state index contributed by atoms with van der Waals surface area (Å²) in [4.78, 5) is 0. The maximum Gasteiger partial charge on any atom is 0.205 e. The third-order valence-electron chi connectivity index (χ3n) is 1.66. The maximum absolute atomic E-state index is 5.81. The highest BCUT2D eigenvalue weighted by atomic mass is 16.7. The van der Waals surface area contributed by atoms with Gasteiger partial charge in [0.1, 0.15) is 5.75 Å². The Labute approximate surface area is 92.2 Å². The SMILES string of the molecule is CC(C)(C)OC(C)(C)Oc1ccccc1. The summed E-state index contributed by atoms with van der Waals surface area (Å²) in [5, 5.41) is 0. The quantitative estimate of drug-likeness (QED) is 0.706. The molecule has 0 amide bonds. The van der Waals surface area contributed by atoms with Crippen molar-refractivity contribution < 1.29 is 9.47 Å². The van der Waals surface area contributed by atoms with Crippen molar-refractivity contribution in [3.63, 3.8) is 0 Å². The van der Waals surface area contributed by atoms with E-state index in [1.54, 1.807) is 0 Å². The Morgan fingerprint density at radius 2 is 1.40 bits per heavy atom. The van der Waals surface area contributed by atoms with Gasteiger partial charge in [-0.15, -0.1) is 0 Å². The van der Waals surface area contributed by atoms with Gasteiger partial charge in [-0.25, -0.2) is 0 Å². The monoisotopic (exact) mass is 208 g/mol. The first kappa shape index (κ1) is 12.1. The zero-order chi connectivity index (χ0) is 11.5. The van der Waals surface area contributed by atoms with Crippen molar-refractivity contribution in [2.45, 2.75) is 46.0 Å². The molecular formula is C13H20O2. The van der Waals surface area contributed by atoms with Crippen LogP contribution in [-0.4, -0.2) is 11.4 Å². The third-order valence-corrected chi connectivity index (χ3v) is 1.66. The van der Waals surface area contributed by atoms with Gasteiger partial charge in [0, 0.05) is 13.8 Å². The van der Waals surface area contributed by atoms with Gasteiger partial charge in [0.05, 0.1) is 5.60 Å².